The largest absolute Gasteiger partial charge is 0.322 e. The second kappa shape index (κ2) is 6.33. The van der Waals surface area contributed by atoms with Crippen molar-refractivity contribution in [1.82, 2.24) is 0 Å². The number of aryl methyl sites for hydroxylation is 1. The van der Waals surface area contributed by atoms with Crippen molar-refractivity contribution in [2.24, 2.45) is 5.73 Å². The highest BCUT2D eigenvalue weighted by atomic mass is 32.1. The van der Waals surface area contributed by atoms with Crippen LogP contribution in [0.25, 0.3) is 0 Å². The molecule has 5 heteroatoms. The summed E-state index contributed by atoms with van der Waals surface area (Å²) in [4.78, 5) is 12.8. The van der Waals surface area contributed by atoms with Crippen molar-refractivity contribution in [1.29, 1.82) is 0 Å². The Labute approximate surface area is 120 Å². The molecule has 0 bridgehead atoms. The van der Waals surface area contributed by atoms with Gasteiger partial charge in [0.05, 0.1) is 17.0 Å². The van der Waals surface area contributed by atoms with E-state index in [1.54, 1.807) is 24.4 Å². The second-order valence-corrected chi connectivity index (χ2v) is 5.03. The number of thiophene rings is 1. The summed E-state index contributed by atoms with van der Waals surface area (Å²) in [6.45, 7) is 1.93. The van der Waals surface area contributed by atoms with Gasteiger partial charge in [0.2, 0.25) is 0 Å². The number of halogens is 1. The van der Waals surface area contributed by atoms with Gasteiger partial charge >= 0.3 is 0 Å². The molecule has 0 fully saturated rings. The molecule has 0 saturated heterocycles. The summed E-state index contributed by atoms with van der Waals surface area (Å²) in [6.07, 6.45) is 0. The number of carbonyl (C=O) groups excluding carboxylic acids is 1. The van der Waals surface area contributed by atoms with Crippen molar-refractivity contribution in [3.8, 4) is 11.8 Å². The van der Waals surface area contributed by atoms with E-state index in [-0.39, 0.29) is 18.3 Å². The minimum absolute atomic E-state index is 0.243. The first-order valence-corrected chi connectivity index (χ1v) is 6.83. The van der Waals surface area contributed by atoms with E-state index in [0.717, 1.165) is 4.88 Å². The zero-order chi connectivity index (χ0) is 14.5. The first kappa shape index (κ1) is 14.3. The highest BCUT2D eigenvalue weighted by Gasteiger charge is 2.09. The van der Waals surface area contributed by atoms with Crippen molar-refractivity contribution in [2.45, 2.75) is 6.92 Å². The molecule has 102 valence electrons. The molecule has 1 heterocycles. The van der Waals surface area contributed by atoms with Crippen LogP contribution < -0.4 is 11.1 Å². The zero-order valence-corrected chi connectivity index (χ0v) is 11.7. The Kier molecular flexibility index (Phi) is 4.51. The van der Waals surface area contributed by atoms with E-state index in [2.05, 4.69) is 17.2 Å². The van der Waals surface area contributed by atoms with E-state index < -0.39 is 0 Å². The minimum Gasteiger partial charge on any atom is -0.322 e. The topological polar surface area (TPSA) is 55.1 Å². The number of benzene rings is 1. The monoisotopic (exact) mass is 288 g/mol. The van der Waals surface area contributed by atoms with Crippen molar-refractivity contribution >= 4 is 22.9 Å². The Morgan fingerprint density at radius 2 is 2.25 bits per heavy atom. The quantitative estimate of drug-likeness (QED) is 0.835. The van der Waals surface area contributed by atoms with Gasteiger partial charge in [0, 0.05) is 11.1 Å². The molecule has 0 atom stereocenters. The molecular weight excluding hydrogens is 275 g/mol. The van der Waals surface area contributed by atoms with E-state index in [0.29, 0.717) is 16.8 Å². The number of rotatable bonds is 2. The fourth-order valence-electron chi connectivity index (χ4n) is 1.58. The molecule has 0 aliphatic heterocycles. The summed E-state index contributed by atoms with van der Waals surface area (Å²) in [5.41, 5.74) is 6.87. The summed E-state index contributed by atoms with van der Waals surface area (Å²) in [5.74, 6) is 5.07. The van der Waals surface area contributed by atoms with Crippen LogP contribution in [-0.4, -0.2) is 12.5 Å². The molecule has 2 rings (SSSR count). The van der Waals surface area contributed by atoms with Crippen LogP contribution in [0.1, 0.15) is 20.8 Å². The lowest BCUT2D eigenvalue weighted by Crippen LogP contribution is -2.11. The summed E-state index contributed by atoms with van der Waals surface area (Å²) in [6, 6.07) is 6.16. The van der Waals surface area contributed by atoms with Crippen LogP contribution in [0.5, 0.6) is 0 Å². The number of hydrogen-bond acceptors (Lipinski definition) is 3. The first-order valence-electron chi connectivity index (χ1n) is 5.95. The highest BCUT2D eigenvalue weighted by molar-refractivity contribution is 7.10. The molecule has 0 radical (unpaired) electrons. The van der Waals surface area contributed by atoms with Gasteiger partial charge in [-0.2, -0.15) is 0 Å². The molecule has 1 aromatic heterocycles. The van der Waals surface area contributed by atoms with Gasteiger partial charge in [0.1, 0.15) is 5.82 Å². The molecule has 0 spiro atoms. The van der Waals surface area contributed by atoms with Crippen molar-refractivity contribution in [2.75, 3.05) is 11.9 Å². The lowest BCUT2D eigenvalue weighted by Gasteiger charge is -2.05. The third-order valence-corrected chi connectivity index (χ3v) is 3.44. The van der Waals surface area contributed by atoms with Gasteiger partial charge in [-0.25, -0.2) is 4.39 Å². The molecule has 0 aliphatic rings. The summed E-state index contributed by atoms with van der Waals surface area (Å²) in [7, 11) is 0. The number of amides is 1. The van der Waals surface area contributed by atoms with E-state index in [9.17, 15) is 9.18 Å². The fourth-order valence-corrected chi connectivity index (χ4v) is 2.34. The number of carbonyl (C=O) groups is 1. The Hall–Kier alpha value is -2.16. The maximum absolute atomic E-state index is 13.1. The summed E-state index contributed by atoms with van der Waals surface area (Å²) < 4.78 is 13.1. The molecule has 3 nitrogen and oxygen atoms in total. The number of anilines is 1. The third-order valence-electron chi connectivity index (χ3n) is 2.59. The average Bonchev–Trinajstić information content (AvgIpc) is 2.89. The normalized spacial score (nSPS) is 9.75. The number of nitrogens with one attached hydrogen (secondary N) is 1. The highest BCUT2D eigenvalue weighted by Crippen LogP contribution is 2.17. The van der Waals surface area contributed by atoms with Crippen LogP contribution in [-0.2, 0) is 0 Å². The molecule has 0 saturated carbocycles. The Morgan fingerprint density at radius 3 is 2.95 bits per heavy atom. The molecule has 0 aliphatic carbocycles. The van der Waals surface area contributed by atoms with Crippen molar-refractivity contribution in [3.63, 3.8) is 0 Å². The van der Waals surface area contributed by atoms with Crippen LogP contribution in [0.2, 0.25) is 0 Å². The van der Waals surface area contributed by atoms with Crippen LogP contribution in [0, 0.1) is 24.6 Å². The van der Waals surface area contributed by atoms with Crippen LogP contribution in [0.15, 0.2) is 29.6 Å². The van der Waals surface area contributed by atoms with Gasteiger partial charge in [0.25, 0.3) is 5.91 Å². The van der Waals surface area contributed by atoms with Crippen LogP contribution >= 0.6 is 11.3 Å². The number of nitrogens with two attached hydrogens (primary N) is 1. The predicted molar refractivity (Wildman–Crippen MR) is 79.3 cm³/mol. The molecular formula is C15H13FN2OS. The smallest absolute Gasteiger partial charge is 0.256 e. The molecule has 2 aromatic rings. The maximum Gasteiger partial charge on any atom is 0.256 e. The van der Waals surface area contributed by atoms with Gasteiger partial charge in [-0.3, -0.25) is 4.79 Å². The molecule has 1 amide bonds. The third kappa shape index (κ3) is 3.44. The summed E-state index contributed by atoms with van der Waals surface area (Å²) >= 11 is 1.38. The van der Waals surface area contributed by atoms with Gasteiger partial charge < -0.3 is 11.1 Å². The Balaban J connectivity index is 2.11. The summed E-state index contributed by atoms with van der Waals surface area (Å²) in [5, 5.41) is 4.45. The molecule has 20 heavy (non-hydrogen) atoms. The standard InChI is InChI=1S/C15H13FN2OS/c1-10-7-12(4-5-14(10)16)18-15(19)11-8-13(20-9-11)3-2-6-17/h4-5,7-9H,6,17H2,1H3,(H,18,19). The second-order valence-electron chi connectivity index (χ2n) is 4.12. The fraction of sp³-hybridized carbons (Fsp3) is 0.133. The molecule has 0 unspecified atom stereocenters. The van der Waals surface area contributed by atoms with Crippen molar-refractivity contribution in [3.05, 3.63) is 51.5 Å². The molecule has 1 aromatic carbocycles. The van der Waals surface area contributed by atoms with Crippen molar-refractivity contribution < 1.29 is 9.18 Å². The van der Waals surface area contributed by atoms with Gasteiger partial charge in [-0.1, -0.05) is 11.8 Å². The maximum atomic E-state index is 13.1. The Morgan fingerprint density at radius 1 is 1.45 bits per heavy atom. The van der Waals surface area contributed by atoms with E-state index >= 15 is 0 Å². The first-order chi connectivity index (χ1) is 9.60. The lowest BCUT2D eigenvalue weighted by molar-refractivity contribution is 0.102. The van der Waals surface area contributed by atoms with E-state index in [1.807, 2.05) is 0 Å². The lowest BCUT2D eigenvalue weighted by atomic mass is 10.2. The minimum atomic E-state index is -0.294. The SMILES string of the molecule is Cc1cc(NC(=O)c2csc(C#CCN)c2)ccc1F. The van der Waals surface area contributed by atoms with Gasteiger partial charge in [-0.15, -0.1) is 11.3 Å². The average molecular weight is 288 g/mol. The van der Waals surface area contributed by atoms with Crippen LogP contribution in [0.3, 0.4) is 0 Å². The van der Waals surface area contributed by atoms with Crippen LogP contribution in [0.4, 0.5) is 10.1 Å². The van der Waals surface area contributed by atoms with E-state index in [4.69, 9.17) is 5.73 Å². The zero-order valence-electron chi connectivity index (χ0n) is 10.9. The van der Waals surface area contributed by atoms with Gasteiger partial charge in [0.15, 0.2) is 0 Å². The molecule has 3 N–H and O–H groups in total. The number of hydrogen-bond donors (Lipinski definition) is 2. The van der Waals surface area contributed by atoms with Gasteiger partial charge in [-0.05, 0) is 36.8 Å². The predicted octanol–water partition coefficient (Wildman–Crippen LogP) is 2.76. The van der Waals surface area contributed by atoms with E-state index in [1.165, 1.54) is 23.5 Å². The Bertz CT molecular complexity index is 697.